The molecule has 2 aliphatic rings. The van der Waals surface area contributed by atoms with E-state index in [0.717, 1.165) is 40.9 Å². The second-order valence-corrected chi connectivity index (χ2v) is 8.26. The maximum atomic E-state index is 12.7. The van der Waals surface area contributed by atoms with Crippen molar-refractivity contribution in [3.05, 3.63) is 29.3 Å². The quantitative estimate of drug-likeness (QED) is 0.787. The number of hydrogen-bond acceptors (Lipinski definition) is 5. The summed E-state index contributed by atoms with van der Waals surface area (Å²) >= 11 is 1.67. The van der Waals surface area contributed by atoms with E-state index in [4.69, 9.17) is 4.98 Å². The van der Waals surface area contributed by atoms with Crippen molar-refractivity contribution in [2.45, 2.75) is 38.6 Å². The highest BCUT2D eigenvalue weighted by Crippen LogP contribution is 2.38. The summed E-state index contributed by atoms with van der Waals surface area (Å²) < 4.78 is 1.16. The molecule has 1 aromatic carbocycles. The Morgan fingerprint density at radius 2 is 1.84 bits per heavy atom. The first-order valence-electron chi connectivity index (χ1n) is 8.97. The lowest BCUT2D eigenvalue weighted by Crippen LogP contribution is -2.41. The van der Waals surface area contributed by atoms with Gasteiger partial charge in [0.05, 0.1) is 34.8 Å². The monoisotopic (exact) mass is 357 g/mol. The molecule has 132 valence electrons. The van der Waals surface area contributed by atoms with Gasteiger partial charge in [-0.1, -0.05) is 25.0 Å². The molecule has 2 fully saturated rings. The standard InChI is InChI=1S/C19H23N3O2S/c1-12(17-20-15-9-5-6-10-16(15)25-17)21(2)11-22-18(23)13-7-3-4-8-14(13)19(22)24/h5-6,9-10,12-14H,3-4,7-8,11H2,1-2H3. The highest BCUT2D eigenvalue weighted by atomic mass is 32.1. The Kier molecular flexibility index (Phi) is 4.33. The van der Waals surface area contributed by atoms with E-state index in [1.54, 1.807) is 11.3 Å². The Morgan fingerprint density at radius 3 is 2.48 bits per heavy atom. The largest absolute Gasteiger partial charge is 0.279 e. The number of hydrogen-bond donors (Lipinski definition) is 0. The Labute approximate surface area is 151 Å². The summed E-state index contributed by atoms with van der Waals surface area (Å²) in [5.41, 5.74) is 1.00. The van der Waals surface area contributed by atoms with Crippen molar-refractivity contribution in [3.63, 3.8) is 0 Å². The minimum absolute atomic E-state index is 0.0260. The fraction of sp³-hybridized carbons (Fsp3) is 0.526. The van der Waals surface area contributed by atoms with Gasteiger partial charge in [-0.15, -0.1) is 11.3 Å². The zero-order chi connectivity index (χ0) is 17.6. The molecule has 3 unspecified atom stereocenters. The van der Waals surface area contributed by atoms with Gasteiger partial charge in [0.2, 0.25) is 11.8 Å². The molecule has 4 rings (SSSR count). The molecule has 0 bridgehead atoms. The third kappa shape index (κ3) is 2.87. The second-order valence-electron chi connectivity index (χ2n) is 7.20. The SMILES string of the molecule is CC(c1nc2ccccc2s1)N(C)CN1C(=O)C2CCCCC2C1=O. The van der Waals surface area contributed by atoms with Gasteiger partial charge in [0.15, 0.2) is 0 Å². The van der Waals surface area contributed by atoms with Crippen LogP contribution in [0.4, 0.5) is 0 Å². The zero-order valence-electron chi connectivity index (χ0n) is 14.6. The smallest absolute Gasteiger partial charge is 0.234 e. The molecule has 3 atom stereocenters. The van der Waals surface area contributed by atoms with Crippen LogP contribution in [0.15, 0.2) is 24.3 Å². The van der Waals surface area contributed by atoms with Crippen LogP contribution in [0.3, 0.4) is 0 Å². The molecule has 5 nitrogen and oxygen atoms in total. The Bertz CT molecular complexity index is 761. The number of thiazole rings is 1. The van der Waals surface area contributed by atoms with Crippen LogP contribution in [0.1, 0.15) is 43.7 Å². The average Bonchev–Trinajstić information content (AvgIpc) is 3.17. The van der Waals surface area contributed by atoms with Crippen LogP contribution in [0, 0.1) is 11.8 Å². The molecular weight excluding hydrogens is 334 g/mol. The molecule has 25 heavy (non-hydrogen) atoms. The molecule has 1 aliphatic carbocycles. The first kappa shape index (κ1) is 16.7. The van der Waals surface area contributed by atoms with E-state index in [9.17, 15) is 9.59 Å². The van der Waals surface area contributed by atoms with Crippen molar-refractivity contribution in [1.82, 2.24) is 14.8 Å². The molecule has 1 aliphatic heterocycles. The van der Waals surface area contributed by atoms with Gasteiger partial charge in [0, 0.05) is 0 Å². The summed E-state index contributed by atoms with van der Waals surface area (Å²) in [5, 5.41) is 1.01. The number of carbonyl (C=O) groups is 2. The molecule has 1 saturated carbocycles. The number of imide groups is 1. The Hall–Kier alpha value is -1.79. The molecular formula is C19H23N3O2S. The molecule has 2 heterocycles. The lowest BCUT2D eigenvalue weighted by atomic mass is 9.81. The minimum atomic E-state index is -0.0765. The number of fused-ring (bicyclic) bond motifs is 2. The van der Waals surface area contributed by atoms with Gasteiger partial charge < -0.3 is 0 Å². The zero-order valence-corrected chi connectivity index (χ0v) is 15.5. The van der Waals surface area contributed by atoms with Crippen LogP contribution in [-0.2, 0) is 9.59 Å². The predicted molar refractivity (Wildman–Crippen MR) is 98.0 cm³/mol. The van der Waals surface area contributed by atoms with E-state index in [0.29, 0.717) is 6.67 Å². The molecule has 0 radical (unpaired) electrons. The van der Waals surface area contributed by atoms with Crippen LogP contribution < -0.4 is 0 Å². The molecule has 2 aromatic rings. The minimum Gasteiger partial charge on any atom is -0.279 e. The number of aromatic nitrogens is 1. The fourth-order valence-corrected chi connectivity index (χ4v) is 5.06. The van der Waals surface area contributed by atoms with Crippen molar-refractivity contribution >= 4 is 33.4 Å². The van der Waals surface area contributed by atoms with Crippen LogP contribution in [0.25, 0.3) is 10.2 Å². The summed E-state index contributed by atoms with van der Waals surface area (Å²) in [7, 11) is 1.96. The van der Waals surface area contributed by atoms with Crippen molar-refractivity contribution in [3.8, 4) is 0 Å². The third-order valence-electron chi connectivity index (χ3n) is 5.63. The van der Waals surface area contributed by atoms with Crippen molar-refractivity contribution in [2.24, 2.45) is 11.8 Å². The lowest BCUT2D eigenvalue weighted by molar-refractivity contribution is -0.142. The van der Waals surface area contributed by atoms with E-state index in [-0.39, 0.29) is 29.7 Å². The number of likely N-dealkylation sites (tertiary alicyclic amines) is 1. The van der Waals surface area contributed by atoms with Crippen LogP contribution in [0.2, 0.25) is 0 Å². The Morgan fingerprint density at radius 1 is 1.20 bits per heavy atom. The molecule has 0 N–H and O–H groups in total. The number of para-hydroxylation sites is 1. The molecule has 2 amide bonds. The number of carbonyl (C=O) groups excluding carboxylic acids is 2. The van der Waals surface area contributed by atoms with Gasteiger partial charge in [-0.3, -0.25) is 19.4 Å². The van der Waals surface area contributed by atoms with Gasteiger partial charge in [-0.25, -0.2) is 4.98 Å². The third-order valence-corrected chi connectivity index (χ3v) is 6.83. The normalized spacial score (nSPS) is 25.0. The highest BCUT2D eigenvalue weighted by molar-refractivity contribution is 7.18. The van der Waals surface area contributed by atoms with Gasteiger partial charge in [0.25, 0.3) is 0 Å². The van der Waals surface area contributed by atoms with Crippen molar-refractivity contribution in [2.75, 3.05) is 13.7 Å². The van der Waals surface area contributed by atoms with E-state index in [1.165, 1.54) is 4.90 Å². The molecule has 1 aromatic heterocycles. The van der Waals surface area contributed by atoms with Gasteiger partial charge in [0.1, 0.15) is 5.01 Å². The molecule has 6 heteroatoms. The summed E-state index contributed by atoms with van der Waals surface area (Å²) in [4.78, 5) is 33.5. The number of amides is 2. The topological polar surface area (TPSA) is 53.5 Å². The van der Waals surface area contributed by atoms with Crippen molar-refractivity contribution in [1.29, 1.82) is 0 Å². The second kappa shape index (κ2) is 6.50. The predicted octanol–water partition coefficient (Wildman–Crippen LogP) is 3.42. The van der Waals surface area contributed by atoms with E-state index < -0.39 is 0 Å². The van der Waals surface area contributed by atoms with Crippen molar-refractivity contribution < 1.29 is 9.59 Å². The summed E-state index contributed by atoms with van der Waals surface area (Å²) in [6.45, 7) is 2.43. The maximum absolute atomic E-state index is 12.7. The fourth-order valence-electron chi connectivity index (χ4n) is 3.97. The summed E-state index contributed by atoms with van der Waals surface area (Å²) in [5.74, 6) is -0.101. The summed E-state index contributed by atoms with van der Waals surface area (Å²) in [6, 6.07) is 8.15. The van der Waals surface area contributed by atoms with E-state index >= 15 is 0 Å². The first-order valence-corrected chi connectivity index (χ1v) is 9.79. The average molecular weight is 357 g/mol. The lowest BCUT2D eigenvalue weighted by Gasteiger charge is -2.27. The molecule has 0 spiro atoms. The highest BCUT2D eigenvalue weighted by Gasteiger charge is 2.48. The van der Waals surface area contributed by atoms with Gasteiger partial charge in [-0.05, 0) is 38.9 Å². The summed E-state index contributed by atoms with van der Waals surface area (Å²) in [6.07, 6.45) is 3.85. The Balaban J connectivity index is 1.50. The molecule has 1 saturated heterocycles. The van der Waals surface area contributed by atoms with Crippen LogP contribution in [-0.4, -0.2) is 40.3 Å². The maximum Gasteiger partial charge on any atom is 0.234 e. The van der Waals surface area contributed by atoms with E-state index in [1.807, 2.05) is 30.1 Å². The van der Waals surface area contributed by atoms with Crippen LogP contribution >= 0.6 is 11.3 Å². The van der Waals surface area contributed by atoms with Gasteiger partial charge >= 0.3 is 0 Å². The number of nitrogens with zero attached hydrogens (tertiary/aromatic N) is 3. The van der Waals surface area contributed by atoms with Crippen LogP contribution in [0.5, 0.6) is 0 Å². The number of rotatable bonds is 4. The first-order chi connectivity index (χ1) is 12.1. The number of benzene rings is 1. The van der Waals surface area contributed by atoms with Gasteiger partial charge in [-0.2, -0.15) is 0 Å². The van der Waals surface area contributed by atoms with E-state index in [2.05, 4.69) is 13.0 Å².